The fraction of sp³-hybridized carbons (Fsp3) is 0.278. The second-order valence-corrected chi connectivity index (χ2v) is 6.31. The van der Waals surface area contributed by atoms with Gasteiger partial charge in [-0.05, 0) is 47.7 Å². The number of hydrogen-bond acceptors (Lipinski definition) is 4. The van der Waals surface area contributed by atoms with E-state index in [9.17, 15) is 14.6 Å². The van der Waals surface area contributed by atoms with Crippen molar-refractivity contribution < 1.29 is 19.7 Å². The highest BCUT2D eigenvalue weighted by atomic mass is 32.1. The zero-order valence-corrected chi connectivity index (χ0v) is 13.6. The molecule has 0 unspecified atom stereocenters. The number of aliphatic hydroxyl groups is 2. The van der Waals surface area contributed by atoms with Gasteiger partial charge in [-0.2, -0.15) is 0 Å². The third kappa shape index (κ3) is 5.05. The summed E-state index contributed by atoms with van der Waals surface area (Å²) in [6.45, 7) is 1.86. The van der Waals surface area contributed by atoms with Crippen molar-refractivity contribution in [1.29, 1.82) is 0 Å². The van der Waals surface area contributed by atoms with Gasteiger partial charge in [0.25, 0.3) is 0 Å². The molecule has 0 spiro atoms. The van der Waals surface area contributed by atoms with Gasteiger partial charge in [-0.25, -0.2) is 4.39 Å². The van der Waals surface area contributed by atoms with E-state index in [0.717, 1.165) is 16.5 Å². The summed E-state index contributed by atoms with van der Waals surface area (Å²) in [5.41, 5.74) is 4.30. The van der Waals surface area contributed by atoms with Crippen LogP contribution in [0.4, 0.5) is 4.39 Å². The number of benzene rings is 1. The van der Waals surface area contributed by atoms with Crippen molar-refractivity contribution in [3.8, 4) is 5.75 Å². The summed E-state index contributed by atoms with van der Waals surface area (Å²) in [6, 6.07) is 7.59. The Morgan fingerprint density at radius 2 is 2.09 bits per heavy atom. The van der Waals surface area contributed by atoms with Crippen molar-refractivity contribution in [2.24, 2.45) is 0 Å². The molecular weight excluding hydrogens is 315 g/mol. The minimum absolute atomic E-state index is 0.274. The second-order valence-electron chi connectivity index (χ2n) is 5.33. The molecule has 0 saturated heterocycles. The SMILES string of the molecule is CC(=C=CC[C@@H](O)c1ccc(O)c(F)c1)C[C@@H](O)c1cccs1. The van der Waals surface area contributed by atoms with E-state index in [1.54, 1.807) is 6.08 Å². The molecule has 1 heterocycles. The van der Waals surface area contributed by atoms with Crippen molar-refractivity contribution in [3.63, 3.8) is 0 Å². The van der Waals surface area contributed by atoms with Gasteiger partial charge in [0.2, 0.25) is 0 Å². The van der Waals surface area contributed by atoms with Crippen molar-refractivity contribution in [2.75, 3.05) is 0 Å². The molecule has 0 aliphatic carbocycles. The van der Waals surface area contributed by atoms with Crippen molar-refractivity contribution in [2.45, 2.75) is 32.0 Å². The second kappa shape index (κ2) is 8.09. The van der Waals surface area contributed by atoms with Crippen LogP contribution in [-0.2, 0) is 0 Å². The normalized spacial score (nSPS) is 13.2. The summed E-state index contributed by atoms with van der Waals surface area (Å²) in [4.78, 5) is 0.908. The number of aromatic hydroxyl groups is 1. The van der Waals surface area contributed by atoms with Gasteiger partial charge in [-0.1, -0.05) is 12.1 Å². The van der Waals surface area contributed by atoms with E-state index in [1.807, 2.05) is 24.4 Å². The van der Waals surface area contributed by atoms with Crippen LogP contribution < -0.4 is 0 Å². The molecule has 5 heteroatoms. The van der Waals surface area contributed by atoms with E-state index in [4.69, 9.17) is 5.11 Å². The molecule has 3 nitrogen and oxygen atoms in total. The van der Waals surface area contributed by atoms with Crippen LogP contribution in [0.25, 0.3) is 0 Å². The van der Waals surface area contributed by atoms with Gasteiger partial charge in [0.15, 0.2) is 11.6 Å². The number of rotatable bonds is 6. The van der Waals surface area contributed by atoms with Crippen LogP contribution in [0.3, 0.4) is 0 Å². The van der Waals surface area contributed by atoms with Crippen molar-refractivity contribution in [3.05, 3.63) is 69.4 Å². The summed E-state index contributed by atoms with van der Waals surface area (Å²) in [7, 11) is 0. The highest BCUT2D eigenvalue weighted by molar-refractivity contribution is 7.10. The van der Waals surface area contributed by atoms with Crippen molar-refractivity contribution in [1.82, 2.24) is 0 Å². The Hall–Kier alpha value is -1.91. The number of aliphatic hydroxyl groups excluding tert-OH is 2. The van der Waals surface area contributed by atoms with E-state index in [2.05, 4.69) is 5.73 Å². The Labute approximate surface area is 138 Å². The van der Waals surface area contributed by atoms with Crippen LogP contribution in [0, 0.1) is 5.82 Å². The van der Waals surface area contributed by atoms with Gasteiger partial charge in [-0.3, -0.25) is 0 Å². The van der Waals surface area contributed by atoms with Crippen molar-refractivity contribution >= 4 is 11.3 Å². The topological polar surface area (TPSA) is 60.7 Å². The van der Waals surface area contributed by atoms with Crippen LogP contribution in [0.2, 0.25) is 0 Å². The smallest absolute Gasteiger partial charge is 0.165 e. The Balaban J connectivity index is 1.94. The lowest BCUT2D eigenvalue weighted by molar-refractivity contribution is 0.180. The maximum Gasteiger partial charge on any atom is 0.165 e. The van der Waals surface area contributed by atoms with Crippen LogP contribution in [0.1, 0.15) is 42.4 Å². The predicted molar refractivity (Wildman–Crippen MR) is 88.8 cm³/mol. The first-order chi connectivity index (χ1) is 11.0. The Kier molecular flexibility index (Phi) is 6.13. The number of hydrogen-bond donors (Lipinski definition) is 3. The molecule has 0 radical (unpaired) electrons. The zero-order valence-electron chi connectivity index (χ0n) is 12.7. The number of halogens is 1. The molecular formula is C18H19FO3S. The lowest BCUT2D eigenvalue weighted by Crippen LogP contribution is -1.96. The molecule has 0 fully saturated rings. The maximum atomic E-state index is 13.3. The average molecular weight is 334 g/mol. The molecule has 1 aromatic heterocycles. The summed E-state index contributed by atoms with van der Waals surface area (Å²) < 4.78 is 13.3. The fourth-order valence-electron chi connectivity index (χ4n) is 2.14. The Morgan fingerprint density at radius 3 is 2.74 bits per heavy atom. The molecule has 23 heavy (non-hydrogen) atoms. The third-order valence-corrected chi connectivity index (χ3v) is 4.39. The zero-order chi connectivity index (χ0) is 16.8. The summed E-state index contributed by atoms with van der Waals surface area (Å²) in [6.07, 6.45) is 1.00. The molecule has 2 rings (SSSR count). The van der Waals surface area contributed by atoms with Gasteiger partial charge >= 0.3 is 0 Å². The highest BCUT2D eigenvalue weighted by Gasteiger charge is 2.10. The van der Waals surface area contributed by atoms with E-state index in [0.29, 0.717) is 12.0 Å². The van der Waals surface area contributed by atoms with E-state index in [1.165, 1.54) is 23.5 Å². The maximum absolute atomic E-state index is 13.3. The van der Waals surface area contributed by atoms with Gasteiger partial charge < -0.3 is 15.3 Å². The first-order valence-electron chi connectivity index (χ1n) is 7.26. The summed E-state index contributed by atoms with van der Waals surface area (Å²) >= 11 is 1.50. The van der Waals surface area contributed by atoms with E-state index >= 15 is 0 Å². The van der Waals surface area contributed by atoms with E-state index < -0.39 is 23.8 Å². The van der Waals surface area contributed by atoms with Gasteiger partial charge in [0.05, 0.1) is 12.2 Å². The van der Waals surface area contributed by atoms with Gasteiger partial charge in [-0.15, -0.1) is 17.1 Å². The predicted octanol–water partition coefficient (Wildman–Crippen LogP) is 4.24. The monoisotopic (exact) mass is 334 g/mol. The highest BCUT2D eigenvalue weighted by Crippen LogP contribution is 2.25. The molecule has 0 aliphatic rings. The Morgan fingerprint density at radius 1 is 1.30 bits per heavy atom. The molecule has 2 atom stereocenters. The van der Waals surface area contributed by atoms with Crippen LogP contribution >= 0.6 is 11.3 Å². The van der Waals surface area contributed by atoms with E-state index in [-0.39, 0.29) is 6.42 Å². The van der Waals surface area contributed by atoms with Crippen LogP contribution in [0.15, 0.2) is 53.1 Å². The van der Waals surface area contributed by atoms with Crippen LogP contribution in [0.5, 0.6) is 5.75 Å². The summed E-state index contributed by atoms with van der Waals surface area (Å²) in [5, 5.41) is 31.1. The van der Waals surface area contributed by atoms with Gasteiger partial charge in [0, 0.05) is 17.7 Å². The molecule has 0 saturated carbocycles. The standard InChI is InChI=1S/C18H19FO3S/c1-12(10-17(22)18-6-3-9-23-18)4-2-5-15(20)13-7-8-16(21)14(19)11-13/h2-3,6-9,11,15,17,20-22H,5,10H2,1H3/t4?,15-,17-/m1/s1. The minimum Gasteiger partial charge on any atom is -0.505 e. The number of phenols is 1. The lowest BCUT2D eigenvalue weighted by Gasteiger charge is -2.09. The molecule has 1 aromatic carbocycles. The molecule has 0 bridgehead atoms. The largest absolute Gasteiger partial charge is 0.505 e. The minimum atomic E-state index is -0.868. The summed E-state index contributed by atoms with van der Waals surface area (Å²) in [5.74, 6) is -1.19. The van der Waals surface area contributed by atoms with Crippen LogP contribution in [-0.4, -0.2) is 15.3 Å². The fourth-order valence-corrected chi connectivity index (χ4v) is 2.85. The van der Waals surface area contributed by atoms with Gasteiger partial charge in [0.1, 0.15) is 0 Å². The number of phenolic OH excluding ortho intramolecular Hbond substituents is 1. The third-order valence-electron chi connectivity index (χ3n) is 3.42. The molecule has 0 amide bonds. The number of thiophene rings is 1. The molecule has 3 N–H and O–H groups in total. The average Bonchev–Trinajstić information content (AvgIpc) is 3.04. The first kappa shape index (κ1) is 17.4. The quantitative estimate of drug-likeness (QED) is 0.693. The molecule has 0 aliphatic heterocycles. The molecule has 2 aromatic rings. The lowest BCUT2D eigenvalue weighted by atomic mass is 10.1. The molecule has 122 valence electrons. The Bertz CT molecular complexity index is 703. The first-order valence-corrected chi connectivity index (χ1v) is 8.14.